The monoisotopic (exact) mass is 180 g/mol. The van der Waals surface area contributed by atoms with E-state index in [1.165, 1.54) is 0 Å². The summed E-state index contributed by atoms with van der Waals surface area (Å²) in [5.41, 5.74) is 5.63. The maximum absolute atomic E-state index is 11.2. The van der Waals surface area contributed by atoms with E-state index in [-0.39, 0.29) is 5.91 Å². The lowest BCUT2D eigenvalue weighted by molar-refractivity contribution is -0.127. The van der Waals surface area contributed by atoms with E-state index in [2.05, 4.69) is 15.3 Å². The van der Waals surface area contributed by atoms with Gasteiger partial charge in [0.05, 0.1) is 12.0 Å². The number of amides is 1. The first-order valence-electron chi connectivity index (χ1n) is 4.25. The first kappa shape index (κ1) is 8.25. The predicted octanol–water partition coefficient (Wildman–Crippen LogP) is -0.830. The Morgan fingerprint density at radius 2 is 2.54 bits per heavy atom. The lowest BCUT2D eigenvalue weighted by Gasteiger charge is -2.39. The van der Waals surface area contributed by atoms with Gasteiger partial charge in [0.15, 0.2) is 0 Å². The minimum atomic E-state index is -0.546. The predicted molar refractivity (Wildman–Crippen MR) is 46.8 cm³/mol. The summed E-state index contributed by atoms with van der Waals surface area (Å²) in [6.07, 6.45) is 4.76. The van der Waals surface area contributed by atoms with E-state index in [1.54, 1.807) is 12.5 Å². The number of carbonyl (C=O) groups excluding carboxylic acids is 1. The second-order valence-corrected chi connectivity index (χ2v) is 3.36. The van der Waals surface area contributed by atoms with Crippen LogP contribution < -0.4 is 11.1 Å². The number of nitrogens with one attached hydrogen (secondary N) is 2. The first-order chi connectivity index (χ1) is 6.23. The van der Waals surface area contributed by atoms with Crippen molar-refractivity contribution in [2.75, 3.05) is 6.54 Å². The highest BCUT2D eigenvalue weighted by molar-refractivity contribution is 5.86. The number of carbonyl (C=O) groups is 1. The van der Waals surface area contributed by atoms with Gasteiger partial charge in [-0.2, -0.15) is 0 Å². The molecule has 1 amide bonds. The molecule has 2 heterocycles. The molecular weight excluding hydrogens is 168 g/mol. The van der Waals surface area contributed by atoms with Gasteiger partial charge in [-0.05, 0) is 13.0 Å². The molecule has 2 rings (SSSR count). The van der Waals surface area contributed by atoms with Crippen molar-refractivity contribution in [1.29, 1.82) is 0 Å². The summed E-state index contributed by atoms with van der Waals surface area (Å²) in [5, 5.41) is 3.07. The van der Waals surface area contributed by atoms with E-state index in [9.17, 15) is 4.79 Å². The Morgan fingerprint density at radius 3 is 2.92 bits per heavy atom. The van der Waals surface area contributed by atoms with Crippen LogP contribution in [0.3, 0.4) is 0 Å². The summed E-state index contributed by atoms with van der Waals surface area (Å²) in [4.78, 5) is 18.1. The van der Waals surface area contributed by atoms with Crippen molar-refractivity contribution < 1.29 is 4.79 Å². The minimum absolute atomic E-state index is 0.290. The number of primary amides is 1. The van der Waals surface area contributed by atoms with Gasteiger partial charge in [-0.1, -0.05) is 0 Å². The van der Waals surface area contributed by atoms with E-state index in [4.69, 9.17) is 5.73 Å². The smallest absolute Gasteiger partial charge is 0.238 e. The van der Waals surface area contributed by atoms with Crippen LogP contribution in [0.1, 0.15) is 12.1 Å². The van der Waals surface area contributed by atoms with E-state index in [1.807, 2.05) is 0 Å². The topological polar surface area (TPSA) is 83.8 Å². The van der Waals surface area contributed by atoms with Crippen molar-refractivity contribution in [1.82, 2.24) is 15.3 Å². The van der Waals surface area contributed by atoms with Crippen molar-refractivity contribution >= 4 is 5.91 Å². The van der Waals surface area contributed by atoms with Gasteiger partial charge in [0, 0.05) is 12.6 Å². The Hall–Kier alpha value is -1.36. The van der Waals surface area contributed by atoms with Gasteiger partial charge in [0.1, 0.15) is 5.54 Å². The van der Waals surface area contributed by atoms with Crippen LogP contribution in [0.2, 0.25) is 0 Å². The summed E-state index contributed by atoms with van der Waals surface area (Å²) in [5.74, 6) is -0.290. The zero-order valence-corrected chi connectivity index (χ0v) is 7.21. The number of hydrogen-bond acceptors (Lipinski definition) is 3. The number of imidazole rings is 1. The van der Waals surface area contributed by atoms with Crippen LogP contribution in [0.15, 0.2) is 12.5 Å². The van der Waals surface area contributed by atoms with Crippen LogP contribution in [-0.4, -0.2) is 28.0 Å². The second-order valence-electron chi connectivity index (χ2n) is 3.36. The zero-order chi connectivity index (χ0) is 9.31. The van der Waals surface area contributed by atoms with E-state index < -0.39 is 5.54 Å². The Balaban J connectivity index is 2.11. The van der Waals surface area contributed by atoms with Crippen molar-refractivity contribution in [3.63, 3.8) is 0 Å². The highest BCUT2D eigenvalue weighted by Gasteiger charge is 2.42. The van der Waals surface area contributed by atoms with Crippen molar-refractivity contribution in [3.8, 4) is 0 Å². The summed E-state index contributed by atoms with van der Waals surface area (Å²) >= 11 is 0. The molecule has 1 aromatic rings. The van der Waals surface area contributed by atoms with Gasteiger partial charge in [-0.25, -0.2) is 4.98 Å². The van der Waals surface area contributed by atoms with E-state index in [0.717, 1.165) is 18.7 Å². The number of nitrogens with zero attached hydrogens (tertiary/aromatic N) is 1. The molecule has 0 radical (unpaired) electrons. The van der Waals surface area contributed by atoms with E-state index >= 15 is 0 Å². The Labute approximate surface area is 75.7 Å². The SMILES string of the molecule is NC(=O)[C@@]1(Cc2c[nH]cn2)CCN1. The molecule has 0 unspecified atom stereocenters. The molecule has 5 nitrogen and oxygen atoms in total. The van der Waals surface area contributed by atoms with Gasteiger partial charge < -0.3 is 16.0 Å². The molecule has 5 heteroatoms. The molecular formula is C8H12N4O. The lowest BCUT2D eigenvalue weighted by atomic mass is 9.83. The maximum atomic E-state index is 11.2. The normalized spacial score (nSPS) is 26.8. The van der Waals surface area contributed by atoms with Crippen LogP contribution in [-0.2, 0) is 11.2 Å². The van der Waals surface area contributed by atoms with Gasteiger partial charge >= 0.3 is 0 Å². The summed E-state index contributed by atoms with van der Waals surface area (Å²) in [7, 11) is 0. The minimum Gasteiger partial charge on any atom is -0.368 e. The molecule has 1 atom stereocenters. The molecule has 0 spiro atoms. The standard InChI is InChI=1S/C8H12N4O/c9-7(13)8(1-2-12-8)3-6-4-10-5-11-6/h4-5,12H,1-3H2,(H2,9,13)(H,10,11)/t8-/m0/s1. The molecule has 4 N–H and O–H groups in total. The average Bonchev–Trinajstić information content (AvgIpc) is 2.47. The molecule has 0 saturated carbocycles. The van der Waals surface area contributed by atoms with Gasteiger partial charge in [0.25, 0.3) is 0 Å². The Morgan fingerprint density at radius 1 is 1.77 bits per heavy atom. The number of nitrogens with two attached hydrogens (primary N) is 1. The first-order valence-corrected chi connectivity index (χ1v) is 4.25. The summed E-state index contributed by atoms with van der Waals surface area (Å²) < 4.78 is 0. The van der Waals surface area contributed by atoms with Crippen molar-refractivity contribution in [2.24, 2.45) is 5.73 Å². The van der Waals surface area contributed by atoms with Crippen LogP contribution in [0, 0.1) is 0 Å². The third kappa shape index (κ3) is 1.31. The molecule has 0 bridgehead atoms. The largest absolute Gasteiger partial charge is 0.368 e. The quantitative estimate of drug-likeness (QED) is 0.567. The number of hydrogen-bond donors (Lipinski definition) is 3. The number of rotatable bonds is 3. The van der Waals surface area contributed by atoms with Gasteiger partial charge in [-0.15, -0.1) is 0 Å². The fourth-order valence-electron chi connectivity index (χ4n) is 1.57. The fourth-order valence-corrected chi connectivity index (χ4v) is 1.57. The zero-order valence-electron chi connectivity index (χ0n) is 7.21. The molecule has 1 saturated heterocycles. The Kier molecular flexibility index (Phi) is 1.81. The number of H-pyrrole nitrogens is 1. The number of aromatic nitrogens is 2. The highest BCUT2D eigenvalue weighted by Crippen LogP contribution is 2.22. The maximum Gasteiger partial charge on any atom is 0.238 e. The van der Waals surface area contributed by atoms with Crippen molar-refractivity contribution in [3.05, 3.63) is 18.2 Å². The highest BCUT2D eigenvalue weighted by atomic mass is 16.1. The summed E-state index contributed by atoms with van der Waals surface area (Å²) in [6, 6.07) is 0. The van der Waals surface area contributed by atoms with Gasteiger partial charge in [-0.3, -0.25) is 4.79 Å². The molecule has 0 aromatic carbocycles. The number of aromatic amines is 1. The third-order valence-electron chi connectivity index (χ3n) is 2.52. The second kappa shape index (κ2) is 2.85. The summed E-state index contributed by atoms with van der Waals surface area (Å²) in [6.45, 7) is 0.855. The molecule has 1 fully saturated rings. The van der Waals surface area contributed by atoms with Crippen LogP contribution >= 0.6 is 0 Å². The van der Waals surface area contributed by atoms with Gasteiger partial charge in [0.2, 0.25) is 5.91 Å². The molecule has 1 aliphatic rings. The Bertz CT molecular complexity index is 302. The van der Waals surface area contributed by atoms with Crippen LogP contribution in [0.5, 0.6) is 0 Å². The molecule has 1 aromatic heterocycles. The average molecular weight is 180 g/mol. The van der Waals surface area contributed by atoms with Crippen LogP contribution in [0.25, 0.3) is 0 Å². The van der Waals surface area contributed by atoms with Crippen molar-refractivity contribution in [2.45, 2.75) is 18.4 Å². The third-order valence-corrected chi connectivity index (χ3v) is 2.52. The van der Waals surface area contributed by atoms with E-state index in [0.29, 0.717) is 6.42 Å². The molecule has 13 heavy (non-hydrogen) atoms. The molecule has 70 valence electrons. The fraction of sp³-hybridized carbons (Fsp3) is 0.500. The van der Waals surface area contributed by atoms with Crippen LogP contribution in [0.4, 0.5) is 0 Å². The molecule has 1 aliphatic heterocycles. The lowest BCUT2D eigenvalue weighted by Crippen LogP contribution is -2.66. The molecule has 0 aliphatic carbocycles.